The van der Waals surface area contributed by atoms with Gasteiger partial charge in [0.25, 0.3) is 5.91 Å². The molecule has 1 saturated heterocycles. The molecule has 2 aliphatic rings. The van der Waals surface area contributed by atoms with Gasteiger partial charge in [-0.1, -0.05) is 0 Å². The summed E-state index contributed by atoms with van der Waals surface area (Å²) in [7, 11) is 1.15. The Balaban J connectivity index is 1.33. The maximum atomic E-state index is 13.5. The van der Waals surface area contributed by atoms with Gasteiger partial charge in [-0.3, -0.25) is 4.79 Å². The van der Waals surface area contributed by atoms with E-state index < -0.39 is 17.6 Å². The van der Waals surface area contributed by atoms with Gasteiger partial charge in [0.15, 0.2) is 0 Å². The molecule has 35 heavy (non-hydrogen) atoms. The van der Waals surface area contributed by atoms with Gasteiger partial charge in [0.1, 0.15) is 23.7 Å². The average Bonchev–Trinajstić information content (AvgIpc) is 3.55. The number of aromatic amines is 1. The van der Waals surface area contributed by atoms with Crippen LogP contribution in [0.25, 0.3) is 0 Å². The molecule has 184 valence electrons. The molecule has 3 aromatic rings. The van der Waals surface area contributed by atoms with Gasteiger partial charge in [-0.2, -0.15) is 13.2 Å². The van der Waals surface area contributed by atoms with Gasteiger partial charge >= 0.3 is 6.18 Å². The van der Waals surface area contributed by atoms with E-state index in [9.17, 15) is 18.0 Å². The maximum absolute atomic E-state index is 13.5. The standard InChI is InChI=1S/C22H22F3N7O3/c1-34-20-16(22(23,24)25)6-13(7-27-20)31-5-3-17-15(10-31)19(30-12-29-17)35-14-2-4-32(9-14)21(33)18-8-26-11-28-18/h6-8,11-12,14H,2-5,9-10H2,1H3,(H,26,28)/t14-/m0/s1. The van der Waals surface area contributed by atoms with Gasteiger partial charge in [0.2, 0.25) is 11.8 Å². The lowest BCUT2D eigenvalue weighted by Crippen LogP contribution is -2.33. The number of halogens is 3. The summed E-state index contributed by atoms with van der Waals surface area (Å²) in [6, 6.07) is 1.04. The quantitative estimate of drug-likeness (QED) is 0.582. The fourth-order valence-corrected chi connectivity index (χ4v) is 4.32. The Morgan fingerprint density at radius 3 is 2.77 bits per heavy atom. The number of carbonyl (C=O) groups is 1. The SMILES string of the molecule is COc1ncc(N2CCc3ncnc(O[C@H]4CCN(C(=O)c5c[nH]cn5)C4)c3C2)cc1C(F)(F)F. The zero-order chi connectivity index (χ0) is 24.6. The second kappa shape index (κ2) is 9.04. The minimum absolute atomic E-state index is 0.180. The van der Waals surface area contributed by atoms with E-state index in [1.54, 1.807) is 16.0 Å². The molecule has 0 aliphatic carbocycles. The number of alkyl halides is 3. The lowest BCUT2D eigenvalue weighted by molar-refractivity contribution is -0.139. The number of methoxy groups -OCH3 is 1. The second-order valence-corrected chi connectivity index (χ2v) is 8.26. The van der Waals surface area contributed by atoms with Crippen LogP contribution in [-0.2, 0) is 19.1 Å². The summed E-state index contributed by atoms with van der Waals surface area (Å²) in [6.45, 7) is 1.63. The molecule has 2 aliphatic heterocycles. The molecule has 5 heterocycles. The van der Waals surface area contributed by atoms with Crippen LogP contribution < -0.4 is 14.4 Å². The van der Waals surface area contributed by atoms with E-state index in [0.717, 1.165) is 18.9 Å². The zero-order valence-corrected chi connectivity index (χ0v) is 18.7. The van der Waals surface area contributed by atoms with Crippen molar-refractivity contribution in [3.63, 3.8) is 0 Å². The van der Waals surface area contributed by atoms with Crippen LogP contribution >= 0.6 is 0 Å². The van der Waals surface area contributed by atoms with Crippen molar-refractivity contribution in [1.29, 1.82) is 0 Å². The van der Waals surface area contributed by atoms with Crippen LogP contribution in [0.15, 0.2) is 31.1 Å². The number of fused-ring (bicyclic) bond motifs is 1. The summed E-state index contributed by atoms with van der Waals surface area (Å²) < 4.78 is 51.4. The Kier molecular flexibility index (Phi) is 5.91. The summed E-state index contributed by atoms with van der Waals surface area (Å²) >= 11 is 0. The van der Waals surface area contributed by atoms with Gasteiger partial charge < -0.3 is 24.3 Å². The van der Waals surface area contributed by atoms with E-state index in [0.29, 0.717) is 55.3 Å². The molecule has 0 aromatic carbocycles. The van der Waals surface area contributed by atoms with Crippen molar-refractivity contribution in [1.82, 2.24) is 29.8 Å². The molecule has 0 unspecified atom stereocenters. The number of amides is 1. The number of nitrogens with zero attached hydrogens (tertiary/aromatic N) is 6. The predicted octanol–water partition coefficient (Wildman–Crippen LogP) is 2.48. The first kappa shape index (κ1) is 22.9. The average molecular weight is 489 g/mol. The van der Waals surface area contributed by atoms with Gasteiger partial charge in [0, 0.05) is 32.1 Å². The van der Waals surface area contributed by atoms with Crippen molar-refractivity contribution >= 4 is 11.6 Å². The van der Waals surface area contributed by atoms with Crippen LogP contribution in [0.3, 0.4) is 0 Å². The highest BCUT2D eigenvalue weighted by molar-refractivity contribution is 5.92. The Morgan fingerprint density at radius 1 is 1.17 bits per heavy atom. The fourth-order valence-electron chi connectivity index (χ4n) is 4.32. The third-order valence-electron chi connectivity index (χ3n) is 6.09. The smallest absolute Gasteiger partial charge is 0.421 e. The summed E-state index contributed by atoms with van der Waals surface area (Å²) in [5.74, 6) is -0.279. The van der Waals surface area contributed by atoms with Crippen molar-refractivity contribution in [3.8, 4) is 11.8 Å². The maximum Gasteiger partial charge on any atom is 0.421 e. The molecule has 5 rings (SSSR count). The van der Waals surface area contributed by atoms with Gasteiger partial charge in [-0.05, 0) is 6.07 Å². The summed E-state index contributed by atoms with van der Waals surface area (Å²) in [6.07, 6.45) is 2.04. The minimum Gasteiger partial charge on any atom is -0.481 e. The molecule has 10 nitrogen and oxygen atoms in total. The summed E-state index contributed by atoms with van der Waals surface area (Å²) in [4.78, 5) is 35.2. The van der Waals surface area contributed by atoms with E-state index in [-0.39, 0.29) is 18.6 Å². The first-order chi connectivity index (χ1) is 16.8. The molecule has 3 aromatic heterocycles. The number of hydrogen-bond acceptors (Lipinski definition) is 8. The van der Waals surface area contributed by atoms with Crippen LogP contribution in [0.5, 0.6) is 11.8 Å². The van der Waals surface area contributed by atoms with Crippen LogP contribution in [0.1, 0.15) is 33.7 Å². The van der Waals surface area contributed by atoms with Gasteiger partial charge in [0.05, 0.1) is 49.7 Å². The third-order valence-corrected chi connectivity index (χ3v) is 6.09. The summed E-state index contributed by atoms with van der Waals surface area (Å²) in [5, 5.41) is 0. The molecule has 0 saturated carbocycles. The van der Waals surface area contributed by atoms with E-state index in [4.69, 9.17) is 9.47 Å². The number of anilines is 1. The number of likely N-dealkylation sites (tertiary alicyclic amines) is 1. The molecule has 1 fully saturated rings. The van der Waals surface area contributed by atoms with Crippen molar-refractivity contribution in [3.05, 3.63) is 53.6 Å². The van der Waals surface area contributed by atoms with Crippen molar-refractivity contribution in [2.45, 2.75) is 31.7 Å². The van der Waals surface area contributed by atoms with Crippen LogP contribution in [0.2, 0.25) is 0 Å². The Bertz CT molecular complexity index is 1220. The first-order valence-electron chi connectivity index (χ1n) is 11.0. The van der Waals surface area contributed by atoms with E-state index in [1.165, 1.54) is 18.9 Å². The first-order valence-corrected chi connectivity index (χ1v) is 11.0. The lowest BCUT2D eigenvalue weighted by atomic mass is 10.1. The highest BCUT2D eigenvalue weighted by Crippen LogP contribution is 2.38. The summed E-state index contributed by atoms with van der Waals surface area (Å²) in [5.41, 5.74) is 1.21. The normalized spacial score (nSPS) is 17.9. The van der Waals surface area contributed by atoms with E-state index >= 15 is 0 Å². The highest BCUT2D eigenvalue weighted by Gasteiger charge is 2.36. The van der Waals surface area contributed by atoms with Crippen LogP contribution in [-0.4, -0.2) is 68.6 Å². The minimum atomic E-state index is -4.60. The Labute approximate surface area is 198 Å². The van der Waals surface area contributed by atoms with Gasteiger partial charge in [-0.25, -0.2) is 19.9 Å². The Hall–Kier alpha value is -3.90. The molecule has 1 amide bonds. The predicted molar refractivity (Wildman–Crippen MR) is 116 cm³/mol. The Morgan fingerprint density at radius 2 is 2.03 bits per heavy atom. The second-order valence-electron chi connectivity index (χ2n) is 8.26. The number of carbonyl (C=O) groups excluding carboxylic acids is 1. The molecule has 0 radical (unpaired) electrons. The lowest BCUT2D eigenvalue weighted by Gasteiger charge is -2.31. The topological polar surface area (TPSA) is 109 Å². The molecular weight excluding hydrogens is 467 g/mol. The number of pyridine rings is 1. The third kappa shape index (κ3) is 4.57. The molecule has 0 bridgehead atoms. The molecule has 1 atom stereocenters. The number of nitrogens with one attached hydrogen (secondary N) is 1. The fraction of sp³-hybridized carbons (Fsp3) is 0.409. The number of H-pyrrole nitrogens is 1. The molecule has 13 heteroatoms. The van der Waals surface area contributed by atoms with Crippen LogP contribution in [0, 0.1) is 0 Å². The molecule has 1 N–H and O–H groups in total. The number of ether oxygens (including phenoxy) is 2. The molecule has 0 spiro atoms. The van der Waals surface area contributed by atoms with Crippen molar-refractivity contribution in [2.24, 2.45) is 0 Å². The monoisotopic (exact) mass is 489 g/mol. The van der Waals surface area contributed by atoms with Crippen molar-refractivity contribution in [2.75, 3.05) is 31.6 Å². The number of imidazole rings is 1. The van der Waals surface area contributed by atoms with Crippen molar-refractivity contribution < 1.29 is 27.4 Å². The molecular formula is C22H22F3N7O3. The number of rotatable bonds is 5. The largest absolute Gasteiger partial charge is 0.481 e. The van der Waals surface area contributed by atoms with Gasteiger partial charge in [-0.15, -0.1) is 0 Å². The number of hydrogen-bond donors (Lipinski definition) is 1. The van der Waals surface area contributed by atoms with E-state index in [2.05, 4.69) is 24.9 Å². The highest BCUT2D eigenvalue weighted by atomic mass is 19.4. The van der Waals surface area contributed by atoms with Crippen LogP contribution in [0.4, 0.5) is 18.9 Å². The zero-order valence-electron chi connectivity index (χ0n) is 18.7. The number of aromatic nitrogens is 5. The van der Waals surface area contributed by atoms with E-state index in [1.807, 2.05) is 0 Å².